The summed E-state index contributed by atoms with van der Waals surface area (Å²) in [5, 5.41) is 0.100. The predicted octanol–water partition coefficient (Wildman–Crippen LogP) is 3.74. The van der Waals surface area contributed by atoms with Gasteiger partial charge in [-0.3, -0.25) is 0 Å². The molecule has 0 aliphatic rings. The van der Waals surface area contributed by atoms with Gasteiger partial charge in [0.1, 0.15) is 11.7 Å². The number of carbonyl (C=O) groups excluding carboxylic acids is 1. The van der Waals surface area contributed by atoms with Crippen LogP contribution in [0.15, 0.2) is 0 Å². The quantitative estimate of drug-likeness (QED) is 0.573. The zero-order valence-electron chi connectivity index (χ0n) is 12.8. The summed E-state index contributed by atoms with van der Waals surface area (Å²) in [7, 11) is -1.91. The van der Waals surface area contributed by atoms with Gasteiger partial charge in [0.15, 0.2) is 8.32 Å². The SMILES string of the molecule is CC(O[Si](C)(C)C(C)(C)C)C(=O)OC(C)(C)C. The van der Waals surface area contributed by atoms with Crippen LogP contribution in [0.25, 0.3) is 0 Å². The van der Waals surface area contributed by atoms with E-state index < -0.39 is 20.0 Å². The molecular formula is C13H28O3Si. The van der Waals surface area contributed by atoms with Crippen molar-refractivity contribution in [2.24, 2.45) is 0 Å². The highest BCUT2D eigenvalue weighted by atomic mass is 28.4. The van der Waals surface area contributed by atoms with Gasteiger partial charge in [0.2, 0.25) is 0 Å². The van der Waals surface area contributed by atoms with Crippen LogP contribution in [0.2, 0.25) is 18.1 Å². The van der Waals surface area contributed by atoms with Crippen LogP contribution in [-0.4, -0.2) is 26.0 Å². The lowest BCUT2D eigenvalue weighted by Gasteiger charge is -2.38. The molecule has 17 heavy (non-hydrogen) atoms. The van der Waals surface area contributed by atoms with E-state index in [4.69, 9.17) is 9.16 Å². The van der Waals surface area contributed by atoms with Gasteiger partial charge >= 0.3 is 5.97 Å². The van der Waals surface area contributed by atoms with Crippen LogP contribution in [0.3, 0.4) is 0 Å². The second-order valence-corrected chi connectivity index (χ2v) is 11.8. The second-order valence-electron chi connectivity index (χ2n) is 7.05. The fourth-order valence-electron chi connectivity index (χ4n) is 1.05. The molecular weight excluding hydrogens is 232 g/mol. The Hall–Kier alpha value is -0.353. The molecule has 4 heteroatoms. The molecule has 1 atom stereocenters. The Bertz CT molecular complexity index is 271. The average Bonchev–Trinajstić information content (AvgIpc) is 1.97. The zero-order valence-corrected chi connectivity index (χ0v) is 13.8. The van der Waals surface area contributed by atoms with Crippen LogP contribution in [0, 0.1) is 0 Å². The Labute approximate surface area is 107 Å². The smallest absolute Gasteiger partial charge is 0.334 e. The first-order valence-corrected chi connectivity index (χ1v) is 9.08. The highest BCUT2D eigenvalue weighted by Crippen LogP contribution is 2.37. The number of carbonyl (C=O) groups is 1. The maximum absolute atomic E-state index is 11.8. The second kappa shape index (κ2) is 5.10. The van der Waals surface area contributed by atoms with Crippen LogP contribution in [0.4, 0.5) is 0 Å². The third-order valence-electron chi connectivity index (χ3n) is 3.02. The summed E-state index contributed by atoms with van der Waals surface area (Å²) in [6.45, 7) is 18.1. The molecule has 0 aliphatic carbocycles. The van der Waals surface area contributed by atoms with Crippen molar-refractivity contribution < 1.29 is 14.0 Å². The number of hydrogen-bond acceptors (Lipinski definition) is 3. The van der Waals surface area contributed by atoms with E-state index in [-0.39, 0.29) is 11.0 Å². The Morgan fingerprint density at radius 2 is 1.47 bits per heavy atom. The first kappa shape index (κ1) is 16.6. The standard InChI is InChI=1S/C13H28O3Si/c1-10(11(14)15-12(2,3)4)16-17(8,9)13(5,6)7/h10H,1-9H3. The molecule has 0 heterocycles. The lowest BCUT2D eigenvalue weighted by molar-refractivity contribution is -0.163. The Balaban J connectivity index is 4.56. The highest BCUT2D eigenvalue weighted by molar-refractivity contribution is 6.74. The van der Waals surface area contributed by atoms with Gasteiger partial charge in [-0.15, -0.1) is 0 Å². The van der Waals surface area contributed by atoms with Gasteiger partial charge in [-0.25, -0.2) is 4.79 Å². The third-order valence-corrected chi connectivity index (χ3v) is 7.57. The van der Waals surface area contributed by atoms with Crippen molar-refractivity contribution in [3.8, 4) is 0 Å². The summed E-state index contributed by atoms with van der Waals surface area (Å²) in [6.07, 6.45) is -0.491. The van der Waals surface area contributed by atoms with Crippen molar-refractivity contribution in [1.29, 1.82) is 0 Å². The van der Waals surface area contributed by atoms with E-state index in [1.54, 1.807) is 6.92 Å². The number of hydrogen-bond donors (Lipinski definition) is 0. The third kappa shape index (κ3) is 5.68. The van der Waals surface area contributed by atoms with Crippen LogP contribution in [0.1, 0.15) is 48.5 Å². The number of rotatable bonds is 3. The van der Waals surface area contributed by atoms with Crippen molar-refractivity contribution in [2.75, 3.05) is 0 Å². The van der Waals surface area contributed by atoms with Crippen molar-refractivity contribution in [2.45, 2.75) is 78.3 Å². The Kier molecular flexibility index (Phi) is 5.00. The summed E-state index contributed by atoms with van der Waals surface area (Å²) in [4.78, 5) is 11.8. The van der Waals surface area contributed by atoms with Gasteiger partial charge in [-0.1, -0.05) is 20.8 Å². The minimum Gasteiger partial charge on any atom is -0.458 e. The zero-order chi connectivity index (χ0) is 14.1. The highest BCUT2D eigenvalue weighted by Gasteiger charge is 2.40. The molecule has 0 amide bonds. The number of esters is 1. The van der Waals surface area contributed by atoms with Gasteiger partial charge in [-0.2, -0.15) is 0 Å². The van der Waals surface area contributed by atoms with Crippen LogP contribution in [0.5, 0.6) is 0 Å². The molecule has 0 fully saturated rings. The Morgan fingerprint density at radius 1 is 1.06 bits per heavy atom. The largest absolute Gasteiger partial charge is 0.458 e. The minimum atomic E-state index is -1.91. The summed E-state index contributed by atoms with van der Waals surface area (Å²) < 4.78 is 11.3. The monoisotopic (exact) mass is 260 g/mol. The van der Waals surface area contributed by atoms with E-state index >= 15 is 0 Å². The van der Waals surface area contributed by atoms with E-state index in [9.17, 15) is 4.79 Å². The van der Waals surface area contributed by atoms with Crippen LogP contribution < -0.4 is 0 Å². The fourth-order valence-corrected chi connectivity index (χ4v) is 2.39. The molecule has 0 radical (unpaired) electrons. The van der Waals surface area contributed by atoms with Crippen LogP contribution in [-0.2, 0) is 14.0 Å². The summed E-state index contributed by atoms with van der Waals surface area (Å²) in [5.74, 6) is -0.276. The molecule has 0 bridgehead atoms. The Morgan fingerprint density at radius 3 is 1.76 bits per heavy atom. The fraction of sp³-hybridized carbons (Fsp3) is 0.923. The minimum absolute atomic E-state index is 0.100. The lowest BCUT2D eigenvalue weighted by atomic mass is 10.2. The molecule has 0 rings (SSSR count). The molecule has 0 spiro atoms. The van der Waals surface area contributed by atoms with Crippen molar-refractivity contribution in [3.05, 3.63) is 0 Å². The molecule has 0 aliphatic heterocycles. The normalized spacial score (nSPS) is 15.6. The summed E-state index contributed by atoms with van der Waals surface area (Å²) >= 11 is 0. The maximum atomic E-state index is 11.8. The van der Waals surface area contributed by atoms with Gasteiger partial charge in [-0.05, 0) is 45.8 Å². The topological polar surface area (TPSA) is 35.5 Å². The van der Waals surface area contributed by atoms with E-state index in [1.165, 1.54) is 0 Å². The van der Waals surface area contributed by atoms with E-state index in [2.05, 4.69) is 33.9 Å². The molecule has 102 valence electrons. The van der Waals surface area contributed by atoms with E-state index in [1.807, 2.05) is 20.8 Å². The predicted molar refractivity (Wildman–Crippen MR) is 73.6 cm³/mol. The first-order chi connectivity index (χ1) is 7.26. The molecule has 0 saturated carbocycles. The van der Waals surface area contributed by atoms with Crippen LogP contribution >= 0.6 is 0 Å². The summed E-state index contributed by atoms with van der Waals surface area (Å²) in [6, 6.07) is 0. The molecule has 0 N–H and O–H groups in total. The van der Waals surface area contributed by atoms with Crippen molar-refractivity contribution in [3.63, 3.8) is 0 Å². The van der Waals surface area contributed by atoms with Gasteiger partial charge in [0.05, 0.1) is 0 Å². The van der Waals surface area contributed by atoms with Gasteiger partial charge < -0.3 is 9.16 Å². The van der Waals surface area contributed by atoms with Crippen molar-refractivity contribution in [1.82, 2.24) is 0 Å². The summed E-state index contributed by atoms with van der Waals surface area (Å²) in [5.41, 5.74) is -0.456. The molecule has 0 aromatic rings. The van der Waals surface area contributed by atoms with Crippen molar-refractivity contribution >= 4 is 14.3 Å². The maximum Gasteiger partial charge on any atom is 0.334 e. The molecule has 3 nitrogen and oxygen atoms in total. The average molecular weight is 260 g/mol. The van der Waals surface area contributed by atoms with E-state index in [0.717, 1.165) is 0 Å². The first-order valence-electron chi connectivity index (χ1n) is 6.17. The molecule has 0 aromatic carbocycles. The van der Waals surface area contributed by atoms with Gasteiger partial charge in [0, 0.05) is 0 Å². The number of ether oxygens (including phenoxy) is 1. The molecule has 0 aromatic heterocycles. The van der Waals surface area contributed by atoms with Gasteiger partial charge in [0.25, 0.3) is 0 Å². The molecule has 0 saturated heterocycles. The van der Waals surface area contributed by atoms with E-state index in [0.29, 0.717) is 0 Å². The molecule has 1 unspecified atom stereocenters. The lowest BCUT2D eigenvalue weighted by Crippen LogP contribution is -2.46.